The molecule has 0 aromatic heterocycles. The summed E-state index contributed by atoms with van der Waals surface area (Å²) >= 11 is 0. The largest absolute Gasteiger partial charge is 0.386 e. The molecular formula is C15H21NO3. The molecule has 19 heavy (non-hydrogen) atoms. The van der Waals surface area contributed by atoms with Crippen molar-refractivity contribution in [2.24, 2.45) is 0 Å². The van der Waals surface area contributed by atoms with Crippen LogP contribution < -0.4 is 5.32 Å². The molecule has 4 nitrogen and oxygen atoms in total. The molecule has 4 heteroatoms. The van der Waals surface area contributed by atoms with E-state index in [1.54, 1.807) is 13.8 Å². The van der Waals surface area contributed by atoms with Crippen LogP contribution in [0.5, 0.6) is 0 Å². The summed E-state index contributed by atoms with van der Waals surface area (Å²) in [6.45, 7) is 4.67. The molecule has 1 fully saturated rings. The van der Waals surface area contributed by atoms with Gasteiger partial charge in [-0.3, -0.25) is 4.79 Å². The van der Waals surface area contributed by atoms with Gasteiger partial charge in [-0.25, -0.2) is 0 Å². The molecule has 0 spiro atoms. The van der Waals surface area contributed by atoms with Crippen molar-refractivity contribution in [1.82, 2.24) is 5.32 Å². The number of hydrogen-bond donors (Lipinski definition) is 2. The van der Waals surface area contributed by atoms with Crippen molar-refractivity contribution in [2.75, 3.05) is 6.61 Å². The molecule has 1 unspecified atom stereocenters. The molecular weight excluding hydrogens is 242 g/mol. The van der Waals surface area contributed by atoms with Gasteiger partial charge in [-0.1, -0.05) is 24.3 Å². The molecule has 0 saturated carbocycles. The topological polar surface area (TPSA) is 58.6 Å². The summed E-state index contributed by atoms with van der Waals surface area (Å²) in [4.78, 5) is 11.8. The Labute approximate surface area is 113 Å². The molecule has 1 aliphatic heterocycles. The molecule has 104 valence electrons. The van der Waals surface area contributed by atoms with Crippen LogP contribution in [0.15, 0.2) is 24.3 Å². The first-order valence-electron chi connectivity index (χ1n) is 6.68. The lowest BCUT2D eigenvalue weighted by Gasteiger charge is -2.18. The van der Waals surface area contributed by atoms with Crippen LogP contribution in [-0.4, -0.2) is 23.7 Å². The summed E-state index contributed by atoms with van der Waals surface area (Å²) in [7, 11) is 0. The lowest BCUT2D eigenvalue weighted by Crippen LogP contribution is -2.33. The molecule has 1 aliphatic rings. The molecule has 1 aromatic rings. The highest BCUT2D eigenvalue weighted by atomic mass is 16.5. The third kappa shape index (κ3) is 3.78. The molecule has 0 aliphatic carbocycles. The quantitative estimate of drug-likeness (QED) is 0.869. The van der Waals surface area contributed by atoms with E-state index in [1.807, 2.05) is 24.3 Å². The van der Waals surface area contributed by atoms with E-state index in [2.05, 4.69) is 5.32 Å². The zero-order valence-electron chi connectivity index (χ0n) is 11.5. The summed E-state index contributed by atoms with van der Waals surface area (Å²) in [6, 6.07) is 7.60. The first kappa shape index (κ1) is 14.0. The fourth-order valence-corrected chi connectivity index (χ4v) is 2.12. The van der Waals surface area contributed by atoms with Gasteiger partial charge in [0, 0.05) is 13.2 Å². The Balaban J connectivity index is 1.87. The number of amides is 1. The SMILES string of the molecule is CC(C)(O)c1ccc(CNC(=O)C2CCCO2)cc1. The number of hydrogen-bond acceptors (Lipinski definition) is 3. The van der Waals surface area contributed by atoms with Gasteiger partial charge in [0.2, 0.25) is 5.91 Å². The van der Waals surface area contributed by atoms with E-state index in [4.69, 9.17) is 4.74 Å². The second-order valence-electron chi connectivity index (χ2n) is 5.48. The summed E-state index contributed by atoms with van der Waals surface area (Å²) < 4.78 is 5.32. The molecule has 1 saturated heterocycles. The van der Waals surface area contributed by atoms with Gasteiger partial charge in [-0.15, -0.1) is 0 Å². The first-order chi connectivity index (χ1) is 8.97. The van der Waals surface area contributed by atoms with Crippen molar-refractivity contribution in [3.05, 3.63) is 35.4 Å². The number of ether oxygens (including phenoxy) is 1. The highest BCUT2D eigenvalue weighted by Crippen LogP contribution is 2.19. The van der Waals surface area contributed by atoms with Crippen molar-refractivity contribution in [3.63, 3.8) is 0 Å². The molecule has 1 atom stereocenters. The van der Waals surface area contributed by atoms with Crippen molar-refractivity contribution >= 4 is 5.91 Å². The molecule has 2 N–H and O–H groups in total. The van der Waals surface area contributed by atoms with E-state index in [-0.39, 0.29) is 12.0 Å². The molecule has 1 heterocycles. The normalized spacial score (nSPS) is 19.4. The highest BCUT2D eigenvalue weighted by Gasteiger charge is 2.23. The monoisotopic (exact) mass is 263 g/mol. The van der Waals surface area contributed by atoms with Crippen LogP contribution in [0.2, 0.25) is 0 Å². The molecule has 0 radical (unpaired) electrons. The summed E-state index contributed by atoms with van der Waals surface area (Å²) in [5.41, 5.74) is 1.04. The average Bonchev–Trinajstić information content (AvgIpc) is 2.89. The van der Waals surface area contributed by atoms with Crippen LogP contribution in [0.3, 0.4) is 0 Å². The van der Waals surface area contributed by atoms with E-state index >= 15 is 0 Å². The third-order valence-corrected chi connectivity index (χ3v) is 3.35. The summed E-state index contributed by atoms with van der Waals surface area (Å²) in [5.74, 6) is -0.0379. The van der Waals surface area contributed by atoms with Gasteiger partial charge in [-0.2, -0.15) is 0 Å². The van der Waals surface area contributed by atoms with Crippen molar-refractivity contribution < 1.29 is 14.6 Å². The third-order valence-electron chi connectivity index (χ3n) is 3.35. The second-order valence-corrected chi connectivity index (χ2v) is 5.48. The molecule has 1 aromatic carbocycles. The zero-order valence-corrected chi connectivity index (χ0v) is 11.5. The van der Waals surface area contributed by atoms with Crippen molar-refractivity contribution in [3.8, 4) is 0 Å². The van der Waals surface area contributed by atoms with Gasteiger partial charge >= 0.3 is 0 Å². The maximum Gasteiger partial charge on any atom is 0.249 e. The molecule has 0 bridgehead atoms. The Morgan fingerprint density at radius 1 is 1.42 bits per heavy atom. The maximum atomic E-state index is 11.8. The number of aliphatic hydroxyl groups is 1. The first-order valence-corrected chi connectivity index (χ1v) is 6.68. The lowest BCUT2D eigenvalue weighted by atomic mass is 9.97. The van der Waals surface area contributed by atoms with Crippen LogP contribution in [0.25, 0.3) is 0 Å². The number of benzene rings is 1. The van der Waals surface area contributed by atoms with Crippen molar-refractivity contribution in [1.29, 1.82) is 0 Å². The predicted octanol–water partition coefficient (Wildman–Crippen LogP) is 1.71. The maximum absolute atomic E-state index is 11.8. The van der Waals surface area contributed by atoms with Gasteiger partial charge < -0.3 is 15.2 Å². The fraction of sp³-hybridized carbons (Fsp3) is 0.533. The van der Waals surface area contributed by atoms with Gasteiger partial charge in [0.05, 0.1) is 5.60 Å². The molecule has 1 amide bonds. The fourth-order valence-electron chi connectivity index (χ4n) is 2.12. The van der Waals surface area contributed by atoms with Crippen LogP contribution in [0, 0.1) is 0 Å². The van der Waals surface area contributed by atoms with E-state index in [9.17, 15) is 9.90 Å². The van der Waals surface area contributed by atoms with Crippen LogP contribution in [-0.2, 0) is 21.7 Å². The smallest absolute Gasteiger partial charge is 0.249 e. The number of carbonyl (C=O) groups is 1. The van der Waals surface area contributed by atoms with E-state index in [0.29, 0.717) is 13.2 Å². The second kappa shape index (κ2) is 5.72. The van der Waals surface area contributed by atoms with Gasteiger partial charge in [0.15, 0.2) is 0 Å². The van der Waals surface area contributed by atoms with Crippen LogP contribution >= 0.6 is 0 Å². The van der Waals surface area contributed by atoms with Gasteiger partial charge in [0.25, 0.3) is 0 Å². The summed E-state index contributed by atoms with van der Waals surface area (Å²) in [6.07, 6.45) is 1.48. The van der Waals surface area contributed by atoms with E-state index < -0.39 is 5.60 Å². The lowest BCUT2D eigenvalue weighted by molar-refractivity contribution is -0.130. The zero-order chi connectivity index (χ0) is 13.9. The standard InChI is InChI=1S/C15H21NO3/c1-15(2,18)12-7-5-11(6-8-12)10-16-14(17)13-4-3-9-19-13/h5-8,13,18H,3-4,9-10H2,1-2H3,(H,16,17). The number of carbonyl (C=O) groups excluding carboxylic acids is 1. The summed E-state index contributed by atoms with van der Waals surface area (Å²) in [5, 5.41) is 12.7. The van der Waals surface area contributed by atoms with Crippen LogP contribution in [0.4, 0.5) is 0 Å². The Morgan fingerprint density at radius 3 is 2.63 bits per heavy atom. The van der Waals surface area contributed by atoms with Crippen LogP contribution in [0.1, 0.15) is 37.8 Å². The van der Waals surface area contributed by atoms with E-state index in [1.165, 1.54) is 0 Å². The Bertz CT molecular complexity index is 428. The average molecular weight is 263 g/mol. The number of nitrogens with one attached hydrogen (secondary N) is 1. The predicted molar refractivity (Wildman–Crippen MR) is 72.5 cm³/mol. The minimum atomic E-state index is -0.834. The van der Waals surface area contributed by atoms with Gasteiger partial charge in [-0.05, 0) is 37.8 Å². The minimum absolute atomic E-state index is 0.0379. The van der Waals surface area contributed by atoms with E-state index in [0.717, 1.165) is 24.0 Å². The molecule has 2 rings (SSSR count). The van der Waals surface area contributed by atoms with Gasteiger partial charge in [0.1, 0.15) is 6.10 Å². The number of rotatable bonds is 4. The Kier molecular flexibility index (Phi) is 4.22. The Hall–Kier alpha value is -1.39. The highest BCUT2D eigenvalue weighted by molar-refractivity contribution is 5.80. The minimum Gasteiger partial charge on any atom is -0.386 e. The Morgan fingerprint density at radius 2 is 2.11 bits per heavy atom. The van der Waals surface area contributed by atoms with Crippen molar-refractivity contribution in [2.45, 2.75) is 44.9 Å².